The van der Waals surface area contributed by atoms with Gasteiger partial charge >= 0.3 is 0 Å². The smallest absolute Gasteiger partial charge is 0.257 e. The number of aromatic nitrogens is 2. The minimum Gasteiger partial charge on any atom is -0.493 e. The van der Waals surface area contributed by atoms with Crippen molar-refractivity contribution in [3.63, 3.8) is 0 Å². The summed E-state index contributed by atoms with van der Waals surface area (Å²) in [6.45, 7) is 2.87. The minimum absolute atomic E-state index is 0.0995. The first-order valence-electron chi connectivity index (χ1n) is 9.11. The number of likely N-dealkylation sites (tertiary alicyclic amines) is 1. The quantitative estimate of drug-likeness (QED) is 0.820. The number of primary amides is 1. The summed E-state index contributed by atoms with van der Waals surface area (Å²) in [5, 5.41) is 0. The van der Waals surface area contributed by atoms with Crippen LogP contribution < -0.4 is 10.5 Å². The highest BCUT2D eigenvalue weighted by Crippen LogP contribution is 2.35. The Labute approximate surface area is 162 Å². The van der Waals surface area contributed by atoms with E-state index >= 15 is 0 Å². The second-order valence-electron chi connectivity index (χ2n) is 7.24. The molecule has 0 saturated carbocycles. The number of aryl methyl sites for hydroxylation is 1. The third-order valence-electron chi connectivity index (χ3n) is 5.00. The molecule has 1 unspecified atom stereocenters. The highest BCUT2D eigenvalue weighted by molar-refractivity contribution is 5.95. The molecule has 0 bridgehead atoms. The van der Waals surface area contributed by atoms with E-state index in [-0.39, 0.29) is 24.8 Å². The van der Waals surface area contributed by atoms with Gasteiger partial charge in [-0.25, -0.2) is 14.4 Å². The fraction of sp³-hybridized carbons (Fsp3) is 0.400. The number of ether oxygens (including phenoxy) is 1. The fourth-order valence-electron chi connectivity index (χ4n) is 3.60. The number of benzene rings is 1. The molecule has 8 heteroatoms. The summed E-state index contributed by atoms with van der Waals surface area (Å²) in [6.07, 6.45) is 4.42. The maximum atomic E-state index is 13.1. The molecule has 2 heterocycles. The second-order valence-corrected chi connectivity index (χ2v) is 7.24. The number of rotatable bonds is 6. The number of hydrogen-bond donors (Lipinski definition) is 1. The second kappa shape index (κ2) is 8.33. The van der Waals surface area contributed by atoms with Crippen LogP contribution in [0.25, 0.3) is 0 Å². The van der Waals surface area contributed by atoms with Crippen molar-refractivity contribution in [3.05, 3.63) is 53.9 Å². The lowest BCUT2D eigenvalue weighted by Gasteiger charge is -2.42. The largest absolute Gasteiger partial charge is 0.493 e. The molecule has 2 aromatic rings. The zero-order valence-electron chi connectivity index (χ0n) is 15.7. The molecule has 1 aliphatic heterocycles. The zero-order valence-corrected chi connectivity index (χ0v) is 15.7. The molecule has 0 radical (unpaired) electrons. The molecule has 28 heavy (non-hydrogen) atoms. The Hall–Kier alpha value is -3.03. The highest BCUT2D eigenvalue weighted by atomic mass is 19.1. The standard InChI is InChI=1S/C20H23FN4O3/c1-14-17(10-23-13-24-14)19(27)25-8-2-7-20(11-25,9-18(22)26)12-28-16-5-3-15(21)4-6-16/h3-6,10,13H,2,7-9,11-12H2,1H3,(H2,22,26). The topological polar surface area (TPSA) is 98.4 Å². The first-order valence-corrected chi connectivity index (χ1v) is 9.11. The van der Waals surface area contributed by atoms with Crippen LogP contribution in [0.3, 0.4) is 0 Å². The molecule has 1 saturated heterocycles. The monoisotopic (exact) mass is 386 g/mol. The van der Waals surface area contributed by atoms with Gasteiger partial charge in [-0.15, -0.1) is 0 Å². The van der Waals surface area contributed by atoms with E-state index in [0.29, 0.717) is 36.5 Å². The number of nitrogens with two attached hydrogens (primary N) is 1. The first-order chi connectivity index (χ1) is 13.4. The van der Waals surface area contributed by atoms with Gasteiger partial charge in [-0.05, 0) is 44.0 Å². The Morgan fingerprint density at radius 3 is 2.75 bits per heavy atom. The van der Waals surface area contributed by atoms with Crippen LogP contribution in [-0.2, 0) is 4.79 Å². The Morgan fingerprint density at radius 2 is 2.07 bits per heavy atom. The van der Waals surface area contributed by atoms with E-state index in [2.05, 4.69) is 9.97 Å². The lowest BCUT2D eigenvalue weighted by atomic mass is 9.77. The summed E-state index contributed by atoms with van der Waals surface area (Å²) in [5.74, 6) is -0.472. The Balaban J connectivity index is 1.77. The normalized spacial score (nSPS) is 19.3. The summed E-state index contributed by atoms with van der Waals surface area (Å²) >= 11 is 0. The van der Waals surface area contributed by atoms with Gasteiger partial charge in [0, 0.05) is 31.1 Å². The molecule has 3 rings (SSSR count). The van der Waals surface area contributed by atoms with Crippen LogP contribution in [0.4, 0.5) is 4.39 Å². The number of hydrogen-bond acceptors (Lipinski definition) is 5. The molecule has 1 aliphatic rings. The van der Waals surface area contributed by atoms with Crippen molar-refractivity contribution in [1.29, 1.82) is 0 Å². The number of halogens is 1. The molecule has 0 spiro atoms. The molecule has 1 fully saturated rings. The molecular weight excluding hydrogens is 363 g/mol. The van der Waals surface area contributed by atoms with Crippen molar-refractivity contribution in [3.8, 4) is 5.75 Å². The Morgan fingerprint density at radius 1 is 1.32 bits per heavy atom. The van der Waals surface area contributed by atoms with Crippen molar-refractivity contribution < 1.29 is 18.7 Å². The van der Waals surface area contributed by atoms with Crippen LogP contribution in [-0.4, -0.2) is 46.4 Å². The number of amides is 2. The first kappa shape index (κ1) is 19.7. The van der Waals surface area contributed by atoms with Crippen molar-refractivity contribution in [2.24, 2.45) is 11.1 Å². The Bertz CT molecular complexity index is 859. The molecule has 1 aromatic carbocycles. The van der Waals surface area contributed by atoms with E-state index in [9.17, 15) is 14.0 Å². The van der Waals surface area contributed by atoms with Gasteiger partial charge in [0.05, 0.1) is 17.9 Å². The summed E-state index contributed by atoms with van der Waals surface area (Å²) in [5.41, 5.74) is 5.93. The van der Waals surface area contributed by atoms with Gasteiger partial charge < -0.3 is 15.4 Å². The number of piperidine rings is 1. The lowest BCUT2D eigenvalue weighted by molar-refractivity contribution is -0.122. The summed E-state index contributed by atoms with van der Waals surface area (Å²) in [4.78, 5) is 34.4. The van der Waals surface area contributed by atoms with Gasteiger partial charge in [0.1, 0.15) is 17.9 Å². The van der Waals surface area contributed by atoms with Gasteiger partial charge in [-0.3, -0.25) is 9.59 Å². The average Bonchev–Trinajstić information content (AvgIpc) is 2.67. The van der Waals surface area contributed by atoms with E-state index < -0.39 is 11.3 Å². The fourth-order valence-corrected chi connectivity index (χ4v) is 3.60. The maximum absolute atomic E-state index is 13.1. The molecule has 0 aliphatic carbocycles. The minimum atomic E-state index is -0.600. The Kier molecular flexibility index (Phi) is 5.87. The summed E-state index contributed by atoms with van der Waals surface area (Å²) in [7, 11) is 0. The molecule has 7 nitrogen and oxygen atoms in total. The predicted molar refractivity (Wildman–Crippen MR) is 100 cm³/mol. The SMILES string of the molecule is Cc1ncncc1C(=O)N1CCCC(COc2ccc(F)cc2)(CC(N)=O)C1. The number of carbonyl (C=O) groups excluding carboxylic acids is 2. The van der Waals surface area contributed by atoms with Gasteiger partial charge in [-0.2, -0.15) is 0 Å². The van der Waals surface area contributed by atoms with Gasteiger partial charge in [0.2, 0.25) is 5.91 Å². The third kappa shape index (κ3) is 4.62. The van der Waals surface area contributed by atoms with Crippen molar-refractivity contribution in [2.75, 3.05) is 19.7 Å². The molecule has 2 N–H and O–H groups in total. The van der Waals surface area contributed by atoms with Crippen molar-refractivity contribution in [2.45, 2.75) is 26.2 Å². The van der Waals surface area contributed by atoms with Crippen LogP contribution in [0.1, 0.15) is 35.3 Å². The van der Waals surface area contributed by atoms with Crippen LogP contribution >= 0.6 is 0 Å². The van der Waals surface area contributed by atoms with Crippen molar-refractivity contribution >= 4 is 11.8 Å². The predicted octanol–water partition coefficient (Wildman–Crippen LogP) is 2.10. The van der Waals surface area contributed by atoms with E-state index in [0.717, 1.165) is 6.42 Å². The van der Waals surface area contributed by atoms with Crippen LogP contribution in [0.2, 0.25) is 0 Å². The van der Waals surface area contributed by atoms with E-state index in [1.807, 2.05) is 0 Å². The summed E-state index contributed by atoms with van der Waals surface area (Å²) < 4.78 is 18.9. The molecule has 1 aromatic heterocycles. The third-order valence-corrected chi connectivity index (χ3v) is 5.00. The van der Waals surface area contributed by atoms with Crippen molar-refractivity contribution in [1.82, 2.24) is 14.9 Å². The lowest BCUT2D eigenvalue weighted by Crippen LogP contribution is -2.50. The summed E-state index contributed by atoms with van der Waals surface area (Å²) in [6, 6.07) is 5.68. The van der Waals surface area contributed by atoms with Gasteiger partial charge in [0.15, 0.2) is 0 Å². The highest BCUT2D eigenvalue weighted by Gasteiger charge is 2.40. The van der Waals surface area contributed by atoms with Crippen LogP contribution in [0.5, 0.6) is 5.75 Å². The maximum Gasteiger partial charge on any atom is 0.257 e. The zero-order chi connectivity index (χ0) is 20.1. The van der Waals surface area contributed by atoms with E-state index in [4.69, 9.17) is 10.5 Å². The van der Waals surface area contributed by atoms with Gasteiger partial charge in [-0.1, -0.05) is 0 Å². The average molecular weight is 386 g/mol. The molecular formula is C20H23FN4O3. The molecule has 2 amide bonds. The number of carbonyl (C=O) groups is 2. The number of nitrogens with zero attached hydrogens (tertiary/aromatic N) is 3. The van der Waals surface area contributed by atoms with Crippen LogP contribution in [0, 0.1) is 18.2 Å². The van der Waals surface area contributed by atoms with Gasteiger partial charge in [0.25, 0.3) is 5.91 Å². The molecule has 148 valence electrons. The van der Waals surface area contributed by atoms with Crippen LogP contribution in [0.15, 0.2) is 36.8 Å². The van der Waals surface area contributed by atoms with E-state index in [1.54, 1.807) is 11.8 Å². The molecule has 1 atom stereocenters. The van der Waals surface area contributed by atoms with E-state index in [1.165, 1.54) is 36.8 Å².